The number of halogens is 1. The molecule has 3 aromatic rings. The van der Waals surface area contributed by atoms with E-state index in [9.17, 15) is 9.90 Å². The fraction of sp³-hybridized carbons (Fsp3) is 0. The van der Waals surface area contributed by atoms with E-state index in [0.717, 1.165) is 0 Å². The van der Waals surface area contributed by atoms with Gasteiger partial charge in [-0.05, 0) is 24.3 Å². The minimum absolute atomic E-state index is 0.151. The first kappa shape index (κ1) is 13.3. The fourth-order valence-corrected chi connectivity index (χ4v) is 2.03. The highest BCUT2D eigenvalue weighted by atomic mass is 35.5. The van der Waals surface area contributed by atoms with E-state index in [-0.39, 0.29) is 11.5 Å². The quantitative estimate of drug-likeness (QED) is 0.739. The van der Waals surface area contributed by atoms with Crippen LogP contribution >= 0.6 is 11.6 Å². The van der Waals surface area contributed by atoms with E-state index >= 15 is 0 Å². The normalized spacial score (nSPS) is 11.3. The van der Waals surface area contributed by atoms with Gasteiger partial charge in [-0.25, -0.2) is 9.78 Å². The van der Waals surface area contributed by atoms with Crippen molar-refractivity contribution < 1.29 is 9.90 Å². The number of rotatable bonds is 3. The molecule has 0 radical (unpaired) electrons. The van der Waals surface area contributed by atoms with E-state index in [1.807, 2.05) is 0 Å². The lowest BCUT2D eigenvalue weighted by Crippen LogP contribution is -1.96. The van der Waals surface area contributed by atoms with Crippen molar-refractivity contribution >= 4 is 34.7 Å². The Morgan fingerprint density at radius 2 is 1.90 bits per heavy atom. The van der Waals surface area contributed by atoms with Gasteiger partial charge in [-0.15, -0.1) is 10.2 Å². The molecule has 3 rings (SSSR count). The van der Waals surface area contributed by atoms with Crippen LogP contribution in [0.2, 0.25) is 5.02 Å². The maximum Gasteiger partial charge on any atom is 0.358 e. The maximum absolute atomic E-state index is 11.3. The zero-order valence-electron chi connectivity index (χ0n) is 10.6. The van der Waals surface area contributed by atoms with Gasteiger partial charge in [0.1, 0.15) is 11.3 Å². The van der Waals surface area contributed by atoms with Crippen molar-refractivity contribution in [1.29, 1.82) is 0 Å². The summed E-state index contributed by atoms with van der Waals surface area (Å²) in [6.07, 6.45) is 1.68. The van der Waals surface area contributed by atoms with Crippen molar-refractivity contribution in [2.45, 2.75) is 0 Å². The summed E-state index contributed by atoms with van der Waals surface area (Å²) in [5, 5.41) is 17.7. The van der Waals surface area contributed by atoms with Crippen molar-refractivity contribution in [1.82, 2.24) is 9.38 Å². The molecular formula is C14H9ClN4O2. The lowest BCUT2D eigenvalue weighted by atomic mass is 10.3. The average Bonchev–Trinajstić information content (AvgIpc) is 2.85. The summed E-state index contributed by atoms with van der Waals surface area (Å²) in [7, 11) is 0. The first-order chi connectivity index (χ1) is 10.2. The van der Waals surface area contributed by atoms with Gasteiger partial charge in [0, 0.05) is 6.20 Å². The van der Waals surface area contributed by atoms with Crippen LogP contribution in [0.5, 0.6) is 0 Å². The van der Waals surface area contributed by atoms with Crippen molar-refractivity contribution in [2.24, 2.45) is 10.2 Å². The molecule has 0 bridgehead atoms. The van der Waals surface area contributed by atoms with E-state index in [1.54, 1.807) is 53.1 Å². The number of imidazole rings is 1. The predicted molar refractivity (Wildman–Crippen MR) is 77.8 cm³/mol. The van der Waals surface area contributed by atoms with Crippen LogP contribution in [0.4, 0.5) is 11.5 Å². The number of pyridine rings is 1. The molecule has 0 aliphatic heterocycles. The SMILES string of the molecule is O=C(O)c1nc2ccccn2c1N=Nc1ccccc1Cl. The number of aromatic carboxylic acids is 1. The van der Waals surface area contributed by atoms with Crippen molar-refractivity contribution in [2.75, 3.05) is 0 Å². The molecule has 1 aromatic carbocycles. The van der Waals surface area contributed by atoms with Gasteiger partial charge in [-0.2, -0.15) is 0 Å². The molecule has 0 aliphatic rings. The summed E-state index contributed by atoms with van der Waals surface area (Å²) < 4.78 is 1.56. The smallest absolute Gasteiger partial charge is 0.358 e. The Morgan fingerprint density at radius 1 is 1.14 bits per heavy atom. The van der Waals surface area contributed by atoms with E-state index in [0.29, 0.717) is 16.4 Å². The molecule has 0 saturated carbocycles. The van der Waals surface area contributed by atoms with Crippen LogP contribution in [-0.4, -0.2) is 20.5 Å². The van der Waals surface area contributed by atoms with Crippen LogP contribution in [-0.2, 0) is 0 Å². The van der Waals surface area contributed by atoms with Crippen molar-refractivity contribution in [3.05, 3.63) is 59.4 Å². The highest BCUT2D eigenvalue weighted by Gasteiger charge is 2.17. The third-order valence-corrected chi connectivity index (χ3v) is 3.13. The number of carboxylic acids is 1. The Balaban J connectivity index is 2.13. The highest BCUT2D eigenvalue weighted by Crippen LogP contribution is 2.28. The third-order valence-electron chi connectivity index (χ3n) is 2.81. The Morgan fingerprint density at radius 3 is 2.67 bits per heavy atom. The van der Waals surface area contributed by atoms with Gasteiger partial charge in [0.15, 0.2) is 11.5 Å². The van der Waals surface area contributed by atoms with Gasteiger partial charge in [0.25, 0.3) is 0 Å². The van der Waals surface area contributed by atoms with Crippen LogP contribution < -0.4 is 0 Å². The first-order valence-electron chi connectivity index (χ1n) is 6.03. The molecule has 6 nitrogen and oxygen atoms in total. The molecule has 2 heterocycles. The van der Waals surface area contributed by atoms with Gasteiger partial charge < -0.3 is 5.11 Å². The molecule has 0 spiro atoms. The van der Waals surface area contributed by atoms with Crippen molar-refractivity contribution in [3.63, 3.8) is 0 Å². The Labute approximate surface area is 124 Å². The van der Waals surface area contributed by atoms with Gasteiger partial charge in [0.05, 0.1) is 5.02 Å². The largest absolute Gasteiger partial charge is 0.476 e. The molecule has 0 amide bonds. The zero-order chi connectivity index (χ0) is 14.8. The Hall–Kier alpha value is -2.73. The average molecular weight is 301 g/mol. The molecule has 0 atom stereocenters. The van der Waals surface area contributed by atoms with Gasteiger partial charge in [-0.3, -0.25) is 4.40 Å². The van der Waals surface area contributed by atoms with E-state index in [1.165, 1.54) is 0 Å². The number of nitrogens with zero attached hydrogens (tertiary/aromatic N) is 4. The van der Waals surface area contributed by atoms with E-state index < -0.39 is 5.97 Å². The molecule has 1 N–H and O–H groups in total. The molecule has 0 aliphatic carbocycles. The Bertz CT molecular complexity index is 857. The monoisotopic (exact) mass is 300 g/mol. The van der Waals surface area contributed by atoms with E-state index in [4.69, 9.17) is 11.6 Å². The molecule has 21 heavy (non-hydrogen) atoms. The van der Waals surface area contributed by atoms with Crippen LogP contribution in [0.1, 0.15) is 10.5 Å². The summed E-state index contributed by atoms with van der Waals surface area (Å²) in [5.41, 5.74) is 0.793. The summed E-state index contributed by atoms with van der Waals surface area (Å²) in [5.74, 6) is -1.01. The lowest BCUT2D eigenvalue weighted by Gasteiger charge is -1.97. The van der Waals surface area contributed by atoms with Crippen LogP contribution in [0, 0.1) is 0 Å². The van der Waals surface area contributed by atoms with Crippen LogP contribution in [0.15, 0.2) is 58.9 Å². The molecule has 0 fully saturated rings. The zero-order valence-corrected chi connectivity index (χ0v) is 11.4. The number of hydrogen-bond donors (Lipinski definition) is 1. The second-order valence-electron chi connectivity index (χ2n) is 4.17. The van der Waals surface area contributed by atoms with Gasteiger partial charge in [-0.1, -0.05) is 29.8 Å². The van der Waals surface area contributed by atoms with Gasteiger partial charge in [0.2, 0.25) is 0 Å². The topological polar surface area (TPSA) is 79.3 Å². The number of azo groups is 1. The van der Waals surface area contributed by atoms with Crippen LogP contribution in [0.25, 0.3) is 5.65 Å². The molecule has 0 saturated heterocycles. The summed E-state index contributed by atoms with van der Waals surface area (Å²) >= 11 is 5.99. The fourth-order valence-electron chi connectivity index (χ4n) is 1.86. The number of carbonyl (C=O) groups is 1. The second-order valence-corrected chi connectivity index (χ2v) is 4.58. The number of aromatic nitrogens is 2. The summed E-state index contributed by atoms with van der Waals surface area (Å²) in [6, 6.07) is 12.1. The molecule has 2 aromatic heterocycles. The minimum Gasteiger partial charge on any atom is -0.476 e. The van der Waals surface area contributed by atoms with Crippen LogP contribution in [0.3, 0.4) is 0 Å². The second kappa shape index (κ2) is 5.34. The number of benzene rings is 1. The summed E-state index contributed by atoms with van der Waals surface area (Å²) in [4.78, 5) is 15.3. The predicted octanol–water partition coefficient (Wildman–Crippen LogP) is 4.10. The standard InChI is InChI=1S/C14H9ClN4O2/c15-9-5-1-2-6-10(9)17-18-13-12(14(20)21)16-11-7-3-4-8-19(11)13/h1-8H,(H,20,21). The van der Waals surface area contributed by atoms with Crippen molar-refractivity contribution in [3.8, 4) is 0 Å². The molecule has 104 valence electrons. The highest BCUT2D eigenvalue weighted by molar-refractivity contribution is 6.32. The number of hydrogen-bond acceptors (Lipinski definition) is 4. The number of fused-ring (bicyclic) bond motifs is 1. The molecular weight excluding hydrogens is 292 g/mol. The first-order valence-corrected chi connectivity index (χ1v) is 6.41. The number of carboxylic acid groups (broad SMARTS) is 1. The minimum atomic E-state index is -1.16. The maximum atomic E-state index is 11.3. The third kappa shape index (κ3) is 2.48. The Kier molecular flexibility index (Phi) is 3.37. The van der Waals surface area contributed by atoms with E-state index in [2.05, 4.69) is 15.2 Å². The summed E-state index contributed by atoms with van der Waals surface area (Å²) in [6.45, 7) is 0. The lowest BCUT2D eigenvalue weighted by molar-refractivity contribution is 0.0692. The molecule has 7 heteroatoms. The van der Waals surface area contributed by atoms with Gasteiger partial charge >= 0.3 is 5.97 Å². The molecule has 0 unspecified atom stereocenters.